The number of hydrogen-bond acceptors (Lipinski definition) is 3. The summed E-state index contributed by atoms with van der Waals surface area (Å²) in [5.74, 6) is 0. The van der Waals surface area contributed by atoms with E-state index in [0.717, 1.165) is 11.4 Å². The number of nitrogens with one attached hydrogen (secondary N) is 1. The van der Waals surface area contributed by atoms with E-state index < -0.39 is 0 Å². The van der Waals surface area contributed by atoms with Gasteiger partial charge in [0, 0.05) is 17.9 Å². The summed E-state index contributed by atoms with van der Waals surface area (Å²) in [6.45, 7) is 4.16. The fourth-order valence-corrected chi connectivity index (χ4v) is 1.48. The Bertz CT molecular complexity index is 531. The Morgan fingerprint density at radius 2 is 1.94 bits per heavy atom. The number of anilines is 2. The number of hydrogen-bond donors (Lipinski definition) is 1. The van der Waals surface area contributed by atoms with E-state index in [4.69, 9.17) is 5.26 Å². The molecular weight excluding hydrogens is 212 g/mol. The van der Waals surface area contributed by atoms with Crippen molar-refractivity contribution >= 4 is 11.4 Å². The highest BCUT2D eigenvalue weighted by Crippen LogP contribution is 2.17. The third-order valence-corrected chi connectivity index (χ3v) is 2.43. The summed E-state index contributed by atoms with van der Waals surface area (Å²) in [6.07, 6.45) is 3.75. The summed E-state index contributed by atoms with van der Waals surface area (Å²) in [6, 6.07) is 9.78. The van der Waals surface area contributed by atoms with Gasteiger partial charge in [0.15, 0.2) is 0 Å². The van der Waals surface area contributed by atoms with Gasteiger partial charge in [0.05, 0.1) is 23.5 Å². The van der Waals surface area contributed by atoms with E-state index in [1.165, 1.54) is 0 Å². The van der Waals surface area contributed by atoms with Crippen LogP contribution in [0.1, 0.15) is 25.5 Å². The van der Waals surface area contributed by atoms with Crippen LogP contribution in [0, 0.1) is 11.3 Å². The summed E-state index contributed by atoms with van der Waals surface area (Å²) in [5, 5.41) is 16.2. The van der Waals surface area contributed by atoms with Gasteiger partial charge in [-0.05, 0) is 38.1 Å². The van der Waals surface area contributed by atoms with Crippen LogP contribution in [0.25, 0.3) is 0 Å². The quantitative estimate of drug-likeness (QED) is 0.875. The normalized spacial score (nSPS) is 10.2. The van der Waals surface area contributed by atoms with Crippen molar-refractivity contribution in [3.8, 4) is 6.07 Å². The maximum atomic E-state index is 8.70. The van der Waals surface area contributed by atoms with Crippen molar-refractivity contribution in [2.75, 3.05) is 5.32 Å². The lowest BCUT2D eigenvalue weighted by Crippen LogP contribution is -1.99. The minimum absolute atomic E-state index is 0.353. The second-order valence-corrected chi connectivity index (χ2v) is 4.12. The predicted molar refractivity (Wildman–Crippen MR) is 67.1 cm³/mol. The Morgan fingerprint density at radius 3 is 2.47 bits per heavy atom. The summed E-state index contributed by atoms with van der Waals surface area (Å²) in [5.41, 5.74) is 2.56. The fourth-order valence-electron chi connectivity index (χ4n) is 1.48. The van der Waals surface area contributed by atoms with Crippen molar-refractivity contribution in [2.45, 2.75) is 19.9 Å². The molecule has 0 saturated carbocycles. The van der Waals surface area contributed by atoms with Crippen molar-refractivity contribution in [3.63, 3.8) is 0 Å². The minimum atomic E-state index is 0.353. The Morgan fingerprint density at radius 1 is 1.24 bits per heavy atom. The molecule has 4 nitrogen and oxygen atoms in total. The van der Waals surface area contributed by atoms with Crippen molar-refractivity contribution in [1.82, 2.24) is 9.78 Å². The molecule has 86 valence electrons. The molecule has 0 atom stereocenters. The van der Waals surface area contributed by atoms with Gasteiger partial charge >= 0.3 is 0 Å². The van der Waals surface area contributed by atoms with Crippen molar-refractivity contribution < 1.29 is 0 Å². The summed E-state index contributed by atoms with van der Waals surface area (Å²) in [7, 11) is 0. The molecule has 0 radical (unpaired) electrons. The molecule has 0 saturated heterocycles. The third-order valence-electron chi connectivity index (χ3n) is 2.43. The van der Waals surface area contributed by atoms with E-state index in [-0.39, 0.29) is 0 Å². The molecule has 2 aromatic rings. The molecule has 0 aliphatic rings. The zero-order chi connectivity index (χ0) is 12.3. The average Bonchev–Trinajstić information content (AvgIpc) is 2.79. The molecule has 0 amide bonds. The van der Waals surface area contributed by atoms with Crippen LogP contribution < -0.4 is 5.32 Å². The number of rotatable bonds is 3. The largest absolute Gasteiger partial charge is 0.353 e. The SMILES string of the molecule is CC(C)n1cc(Nc2ccc(C#N)cc2)cn1. The van der Waals surface area contributed by atoms with Crippen molar-refractivity contribution in [2.24, 2.45) is 0 Å². The molecule has 17 heavy (non-hydrogen) atoms. The zero-order valence-electron chi connectivity index (χ0n) is 9.88. The highest BCUT2D eigenvalue weighted by Gasteiger charge is 2.01. The van der Waals surface area contributed by atoms with Crippen LogP contribution >= 0.6 is 0 Å². The molecule has 1 aromatic carbocycles. The average molecular weight is 226 g/mol. The summed E-state index contributed by atoms with van der Waals surface area (Å²) in [4.78, 5) is 0. The Kier molecular flexibility index (Phi) is 3.10. The first kappa shape index (κ1) is 11.2. The number of nitriles is 1. The maximum Gasteiger partial charge on any atom is 0.0991 e. The standard InChI is InChI=1S/C13H14N4/c1-10(2)17-9-13(8-15-17)16-12-5-3-11(7-14)4-6-12/h3-6,8-10,16H,1-2H3. The predicted octanol–water partition coefficient (Wildman–Crippen LogP) is 3.08. The smallest absolute Gasteiger partial charge is 0.0991 e. The molecule has 0 aliphatic carbocycles. The van der Waals surface area contributed by atoms with Crippen LogP contribution in [-0.2, 0) is 0 Å². The molecule has 0 aliphatic heterocycles. The molecular formula is C13H14N4. The maximum absolute atomic E-state index is 8.70. The van der Waals surface area contributed by atoms with Gasteiger partial charge in [0.1, 0.15) is 0 Å². The molecule has 1 N–H and O–H groups in total. The highest BCUT2D eigenvalue weighted by molar-refractivity contribution is 5.58. The van der Waals surface area contributed by atoms with Crippen LogP contribution in [0.2, 0.25) is 0 Å². The van der Waals surface area contributed by atoms with E-state index in [1.54, 1.807) is 18.3 Å². The Hall–Kier alpha value is -2.28. The van der Waals surface area contributed by atoms with E-state index in [1.807, 2.05) is 23.0 Å². The molecule has 1 aromatic heterocycles. The monoisotopic (exact) mass is 226 g/mol. The molecule has 0 spiro atoms. The second kappa shape index (κ2) is 4.71. The van der Waals surface area contributed by atoms with E-state index in [2.05, 4.69) is 30.3 Å². The highest BCUT2D eigenvalue weighted by atomic mass is 15.3. The van der Waals surface area contributed by atoms with Crippen molar-refractivity contribution in [1.29, 1.82) is 5.26 Å². The van der Waals surface area contributed by atoms with Gasteiger partial charge in [-0.1, -0.05) is 0 Å². The molecule has 2 rings (SSSR count). The van der Waals surface area contributed by atoms with Gasteiger partial charge in [-0.25, -0.2) is 0 Å². The van der Waals surface area contributed by atoms with E-state index in [0.29, 0.717) is 11.6 Å². The first-order valence-electron chi connectivity index (χ1n) is 5.50. The third kappa shape index (κ3) is 2.64. The lowest BCUT2D eigenvalue weighted by molar-refractivity contribution is 0.532. The number of benzene rings is 1. The Labute approximate surface area is 100 Å². The van der Waals surface area contributed by atoms with Crippen LogP contribution in [0.4, 0.5) is 11.4 Å². The van der Waals surface area contributed by atoms with Crippen LogP contribution in [0.5, 0.6) is 0 Å². The Balaban J connectivity index is 2.11. The molecule has 0 unspecified atom stereocenters. The van der Waals surface area contributed by atoms with Gasteiger partial charge in [-0.2, -0.15) is 10.4 Å². The van der Waals surface area contributed by atoms with Crippen molar-refractivity contribution in [3.05, 3.63) is 42.2 Å². The lowest BCUT2D eigenvalue weighted by Gasteiger charge is -2.04. The lowest BCUT2D eigenvalue weighted by atomic mass is 10.2. The molecule has 1 heterocycles. The van der Waals surface area contributed by atoms with E-state index >= 15 is 0 Å². The van der Waals surface area contributed by atoms with Crippen LogP contribution in [-0.4, -0.2) is 9.78 Å². The van der Waals surface area contributed by atoms with Crippen LogP contribution in [0.3, 0.4) is 0 Å². The minimum Gasteiger partial charge on any atom is -0.353 e. The summed E-state index contributed by atoms with van der Waals surface area (Å²) >= 11 is 0. The molecule has 0 bridgehead atoms. The zero-order valence-corrected chi connectivity index (χ0v) is 9.88. The number of nitrogens with zero attached hydrogens (tertiary/aromatic N) is 3. The molecule has 4 heteroatoms. The first-order chi connectivity index (χ1) is 8.19. The molecule has 0 fully saturated rings. The van der Waals surface area contributed by atoms with Gasteiger partial charge in [-0.3, -0.25) is 4.68 Å². The second-order valence-electron chi connectivity index (χ2n) is 4.12. The van der Waals surface area contributed by atoms with Gasteiger partial charge in [0.2, 0.25) is 0 Å². The van der Waals surface area contributed by atoms with Gasteiger partial charge in [-0.15, -0.1) is 0 Å². The summed E-state index contributed by atoms with van der Waals surface area (Å²) < 4.78 is 1.89. The van der Waals surface area contributed by atoms with Crippen LogP contribution in [0.15, 0.2) is 36.7 Å². The van der Waals surface area contributed by atoms with Gasteiger partial charge in [0.25, 0.3) is 0 Å². The topological polar surface area (TPSA) is 53.6 Å². The van der Waals surface area contributed by atoms with Gasteiger partial charge < -0.3 is 5.32 Å². The van der Waals surface area contributed by atoms with E-state index in [9.17, 15) is 0 Å². The number of aromatic nitrogens is 2. The fraction of sp³-hybridized carbons (Fsp3) is 0.231. The first-order valence-corrected chi connectivity index (χ1v) is 5.50.